The topological polar surface area (TPSA) is 70.8 Å². The zero-order valence-corrected chi connectivity index (χ0v) is 16.2. The zero-order chi connectivity index (χ0) is 19.6. The number of benzene rings is 1. The molecule has 0 spiro atoms. The molecule has 0 aliphatic carbocycles. The van der Waals surface area contributed by atoms with Crippen molar-refractivity contribution in [1.82, 2.24) is 14.7 Å². The number of rotatable bonds is 5. The van der Waals surface area contributed by atoms with Crippen LogP contribution in [0.25, 0.3) is 0 Å². The standard InChI is InChI=1S/C20H25N5O2/c1-14(2)24(13-16-11-21-23(4)12-16)20(27)18-8-9-19(26)25(22-18)17-7-5-6-15(3)10-17/h5-7,10-12,14H,8-9,13H2,1-4H3. The highest BCUT2D eigenvalue weighted by atomic mass is 16.2. The lowest BCUT2D eigenvalue weighted by Crippen LogP contribution is -2.44. The van der Waals surface area contributed by atoms with Gasteiger partial charge in [0.2, 0.25) is 5.91 Å². The third-order valence-corrected chi connectivity index (χ3v) is 4.52. The molecule has 3 rings (SSSR count). The Morgan fingerprint density at radius 3 is 2.70 bits per heavy atom. The molecule has 2 amide bonds. The number of amides is 2. The number of hydrazone groups is 1. The van der Waals surface area contributed by atoms with Gasteiger partial charge in [0, 0.05) is 44.2 Å². The molecule has 1 aliphatic rings. The molecule has 1 aliphatic heterocycles. The van der Waals surface area contributed by atoms with Gasteiger partial charge in [-0.25, -0.2) is 5.01 Å². The lowest BCUT2D eigenvalue weighted by Gasteiger charge is -2.29. The number of nitrogens with zero attached hydrogens (tertiary/aromatic N) is 5. The van der Waals surface area contributed by atoms with Gasteiger partial charge in [0.25, 0.3) is 5.91 Å². The van der Waals surface area contributed by atoms with Crippen LogP contribution in [0.4, 0.5) is 5.69 Å². The number of hydrogen-bond acceptors (Lipinski definition) is 4. The van der Waals surface area contributed by atoms with E-state index < -0.39 is 0 Å². The summed E-state index contributed by atoms with van der Waals surface area (Å²) >= 11 is 0. The van der Waals surface area contributed by atoms with Crippen LogP contribution in [0.1, 0.15) is 37.8 Å². The second-order valence-electron chi connectivity index (χ2n) is 7.14. The summed E-state index contributed by atoms with van der Waals surface area (Å²) in [6.45, 7) is 6.37. The minimum Gasteiger partial charge on any atom is -0.331 e. The Hall–Kier alpha value is -2.96. The highest BCUT2D eigenvalue weighted by Crippen LogP contribution is 2.22. The largest absolute Gasteiger partial charge is 0.331 e. The molecule has 0 saturated heterocycles. The van der Waals surface area contributed by atoms with Crippen molar-refractivity contribution in [1.29, 1.82) is 0 Å². The Morgan fingerprint density at radius 2 is 2.07 bits per heavy atom. The molecule has 1 aromatic carbocycles. The van der Waals surface area contributed by atoms with Gasteiger partial charge in [-0.2, -0.15) is 10.2 Å². The summed E-state index contributed by atoms with van der Waals surface area (Å²) in [5, 5.41) is 9.93. The molecule has 1 aromatic heterocycles. The average molecular weight is 367 g/mol. The van der Waals surface area contributed by atoms with E-state index in [1.165, 1.54) is 5.01 Å². The van der Waals surface area contributed by atoms with Crippen molar-refractivity contribution >= 4 is 23.2 Å². The zero-order valence-electron chi connectivity index (χ0n) is 16.2. The van der Waals surface area contributed by atoms with E-state index in [1.54, 1.807) is 15.8 Å². The maximum absolute atomic E-state index is 13.1. The fraction of sp³-hybridized carbons (Fsp3) is 0.400. The minimum absolute atomic E-state index is 0.00505. The predicted molar refractivity (Wildman–Crippen MR) is 104 cm³/mol. The second kappa shape index (κ2) is 7.73. The van der Waals surface area contributed by atoms with E-state index in [-0.39, 0.29) is 24.3 Å². The molecule has 0 saturated carbocycles. The minimum atomic E-state index is -0.140. The maximum atomic E-state index is 13.1. The molecule has 0 fully saturated rings. The van der Waals surface area contributed by atoms with Crippen LogP contribution in [0, 0.1) is 6.92 Å². The van der Waals surface area contributed by atoms with Gasteiger partial charge in [-0.15, -0.1) is 0 Å². The van der Waals surface area contributed by atoms with Gasteiger partial charge in [-0.1, -0.05) is 12.1 Å². The summed E-state index contributed by atoms with van der Waals surface area (Å²) in [6.07, 6.45) is 4.29. The molecular formula is C20H25N5O2. The van der Waals surface area contributed by atoms with Gasteiger partial charge in [0.15, 0.2) is 0 Å². The lowest BCUT2D eigenvalue weighted by molar-refractivity contribution is -0.126. The number of carbonyl (C=O) groups excluding carboxylic acids is 2. The summed E-state index contributed by atoms with van der Waals surface area (Å²) in [6, 6.07) is 7.57. The van der Waals surface area contributed by atoms with Gasteiger partial charge in [-0.3, -0.25) is 14.3 Å². The van der Waals surface area contributed by atoms with Crippen LogP contribution >= 0.6 is 0 Å². The number of hydrogen-bond donors (Lipinski definition) is 0. The SMILES string of the molecule is Cc1cccc(N2N=C(C(=O)N(Cc3cnn(C)c3)C(C)C)CCC2=O)c1. The van der Waals surface area contributed by atoms with Crippen LogP contribution in [-0.2, 0) is 23.2 Å². The first-order valence-corrected chi connectivity index (χ1v) is 9.10. The fourth-order valence-electron chi connectivity index (χ4n) is 3.07. The Morgan fingerprint density at radius 1 is 1.30 bits per heavy atom. The van der Waals surface area contributed by atoms with Crippen molar-refractivity contribution in [2.24, 2.45) is 12.1 Å². The summed E-state index contributed by atoms with van der Waals surface area (Å²) in [7, 11) is 1.85. The average Bonchev–Trinajstić information content (AvgIpc) is 3.04. The molecule has 2 aromatic rings. The Balaban J connectivity index is 1.86. The first-order chi connectivity index (χ1) is 12.8. The first-order valence-electron chi connectivity index (χ1n) is 9.10. The Bertz CT molecular complexity index is 884. The number of aromatic nitrogens is 2. The van der Waals surface area contributed by atoms with Crippen LogP contribution in [0.2, 0.25) is 0 Å². The number of aryl methyl sites for hydroxylation is 2. The molecule has 7 heteroatoms. The number of carbonyl (C=O) groups is 2. The molecule has 7 nitrogen and oxygen atoms in total. The Labute approximate surface area is 159 Å². The highest BCUT2D eigenvalue weighted by Gasteiger charge is 2.29. The maximum Gasteiger partial charge on any atom is 0.270 e. The summed E-state index contributed by atoms with van der Waals surface area (Å²) < 4.78 is 1.72. The van der Waals surface area contributed by atoms with Crippen LogP contribution in [0.15, 0.2) is 41.8 Å². The Kier molecular flexibility index (Phi) is 5.39. The molecule has 0 radical (unpaired) electrons. The van der Waals surface area contributed by atoms with E-state index in [9.17, 15) is 9.59 Å². The molecule has 2 heterocycles. The van der Waals surface area contributed by atoms with Gasteiger partial charge in [-0.05, 0) is 38.5 Å². The smallest absolute Gasteiger partial charge is 0.270 e. The van der Waals surface area contributed by atoms with Crippen molar-refractivity contribution < 1.29 is 9.59 Å². The summed E-state index contributed by atoms with van der Waals surface area (Å²) in [5.41, 5.74) is 3.10. The third kappa shape index (κ3) is 4.24. The number of anilines is 1. The van der Waals surface area contributed by atoms with Crippen molar-refractivity contribution in [3.05, 3.63) is 47.8 Å². The van der Waals surface area contributed by atoms with E-state index in [0.29, 0.717) is 24.4 Å². The lowest BCUT2D eigenvalue weighted by atomic mass is 10.1. The quantitative estimate of drug-likeness (QED) is 0.816. The highest BCUT2D eigenvalue weighted by molar-refractivity contribution is 6.40. The van der Waals surface area contributed by atoms with Crippen molar-refractivity contribution in [3.63, 3.8) is 0 Å². The van der Waals surface area contributed by atoms with Crippen molar-refractivity contribution in [3.8, 4) is 0 Å². The van der Waals surface area contributed by atoms with Gasteiger partial charge in [0.1, 0.15) is 5.71 Å². The van der Waals surface area contributed by atoms with Crippen LogP contribution in [0.5, 0.6) is 0 Å². The van der Waals surface area contributed by atoms with E-state index in [2.05, 4.69) is 10.2 Å². The van der Waals surface area contributed by atoms with Crippen LogP contribution in [0.3, 0.4) is 0 Å². The molecule has 0 unspecified atom stereocenters. The third-order valence-electron chi connectivity index (χ3n) is 4.52. The molecule has 0 N–H and O–H groups in total. The normalized spacial score (nSPS) is 14.5. The molecule has 0 atom stereocenters. The predicted octanol–water partition coefficient (Wildman–Crippen LogP) is 2.65. The molecular weight excluding hydrogens is 342 g/mol. The second-order valence-corrected chi connectivity index (χ2v) is 7.14. The van der Waals surface area contributed by atoms with Gasteiger partial charge in [0.05, 0.1) is 11.9 Å². The fourth-order valence-corrected chi connectivity index (χ4v) is 3.07. The summed E-state index contributed by atoms with van der Waals surface area (Å²) in [4.78, 5) is 27.2. The molecule has 142 valence electrons. The monoisotopic (exact) mass is 367 g/mol. The van der Waals surface area contributed by atoms with E-state index in [1.807, 2.05) is 58.3 Å². The van der Waals surface area contributed by atoms with Crippen molar-refractivity contribution in [2.75, 3.05) is 5.01 Å². The molecule has 0 bridgehead atoms. The van der Waals surface area contributed by atoms with E-state index >= 15 is 0 Å². The van der Waals surface area contributed by atoms with Gasteiger partial charge >= 0.3 is 0 Å². The van der Waals surface area contributed by atoms with Gasteiger partial charge < -0.3 is 4.90 Å². The molecule has 27 heavy (non-hydrogen) atoms. The van der Waals surface area contributed by atoms with E-state index in [4.69, 9.17) is 0 Å². The van der Waals surface area contributed by atoms with Crippen LogP contribution < -0.4 is 5.01 Å². The van der Waals surface area contributed by atoms with Crippen LogP contribution in [-0.4, -0.2) is 38.2 Å². The summed E-state index contributed by atoms with van der Waals surface area (Å²) in [5.74, 6) is -0.237. The van der Waals surface area contributed by atoms with Crippen molar-refractivity contribution in [2.45, 2.75) is 46.2 Å². The first kappa shape index (κ1) is 18.8. The van der Waals surface area contributed by atoms with E-state index in [0.717, 1.165) is 11.1 Å².